The van der Waals surface area contributed by atoms with Crippen molar-refractivity contribution in [2.24, 2.45) is 5.14 Å². The second-order valence-electron chi connectivity index (χ2n) is 4.54. The molecule has 4 N–H and O–H groups in total. The minimum atomic E-state index is -3.65. The number of sulfonamides is 1. The number of aromatic nitrogens is 2. The fraction of sp³-hybridized carbons (Fsp3) is 0.231. The van der Waals surface area contributed by atoms with Gasteiger partial charge in [-0.1, -0.05) is 12.1 Å². The zero-order chi connectivity index (χ0) is 15.3. The quantitative estimate of drug-likeness (QED) is 0.670. The Labute approximate surface area is 122 Å². The summed E-state index contributed by atoms with van der Waals surface area (Å²) in [6.07, 6.45) is 4.47. The molecule has 1 aromatic heterocycles. The number of nitrogens with one attached hydrogen (secondary N) is 2. The fourth-order valence-electron chi connectivity index (χ4n) is 1.82. The second kappa shape index (κ2) is 6.51. The van der Waals surface area contributed by atoms with E-state index in [1.807, 2.05) is 0 Å². The first-order chi connectivity index (χ1) is 9.97. The van der Waals surface area contributed by atoms with Crippen LogP contribution >= 0.6 is 0 Å². The number of nitrogens with zero attached hydrogens (tertiary/aromatic N) is 1. The van der Waals surface area contributed by atoms with Gasteiger partial charge in [0.2, 0.25) is 10.0 Å². The fourth-order valence-corrected chi connectivity index (χ4v) is 2.33. The van der Waals surface area contributed by atoms with Crippen LogP contribution in [0, 0.1) is 0 Å². The first-order valence-corrected chi connectivity index (χ1v) is 7.90. The number of carbonyl (C=O) groups excluding carboxylic acids is 1. The molecule has 0 atom stereocenters. The summed E-state index contributed by atoms with van der Waals surface area (Å²) < 4.78 is 22.2. The molecule has 0 fully saturated rings. The summed E-state index contributed by atoms with van der Waals surface area (Å²) in [7, 11) is -3.65. The molecule has 0 saturated carbocycles. The lowest BCUT2D eigenvalue weighted by molar-refractivity contribution is 0.0953. The molecular weight excluding hydrogens is 292 g/mol. The van der Waals surface area contributed by atoms with Gasteiger partial charge in [0, 0.05) is 12.7 Å². The van der Waals surface area contributed by atoms with E-state index in [0.29, 0.717) is 12.1 Å². The molecule has 112 valence electrons. The summed E-state index contributed by atoms with van der Waals surface area (Å²) >= 11 is 0. The van der Waals surface area contributed by atoms with Crippen LogP contribution in [0.25, 0.3) is 0 Å². The van der Waals surface area contributed by atoms with Crippen LogP contribution in [-0.2, 0) is 16.4 Å². The molecular formula is C13H16N4O3S. The standard InChI is InChI=1S/C13H16N4O3S/c14-21(19,20)12-5-3-10(4-6-12)2-1-7-15-13(18)11-8-16-17-9-11/h3-6,8-9H,1-2,7H2,(H,15,18)(H,16,17)(H2,14,19,20). The average molecular weight is 308 g/mol. The Morgan fingerprint density at radius 1 is 1.29 bits per heavy atom. The number of hydrogen-bond donors (Lipinski definition) is 3. The smallest absolute Gasteiger partial charge is 0.254 e. The Kier molecular flexibility index (Phi) is 4.71. The van der Waals surface area contributed by atoms with E-state index in [0.717, 1.165) is 18.4 Å². The van der Waals surface area contributed by atoms with Crippen molar-refractivity contribution in [3.63, 3.8) is 0 Å². The number of benzene rings is 1. The molecule has 2 aromatic rings. The second-order valence-corrected chi connectivity index (χ2v) is 6.10. The van der Waals surface area contributed by atoms with Gasteiger partial charge in [0.1, 0.15) is 0 Å². The number of rotatable bonds is 6. The molecule has 1 aromatic carbocycles. The number of aromatic amines is 1. The summed E-state index contributed by atoms with van der Waals surface area (Å²) in [5.74, 6) is -0.173. The molecule has 0 bridgehead atoms. The van der Waals surface area contributed by atoms with Crippen LogP contribution in [0.5, 0.6) is 0 Å². The van der Waals surface area contributed by atoms with Crippen LogP contribution < -0.4 is 10.5 Å². The SMILES string of the molecule is NS(=O)(=O)c1ccc(CCCNC(=O)c2cn[nH]c2)cc1. The molecule has 1 heterocycles. The molecule has 8 heteroatoms. The lowest BCUT2D eigenvalue weighted by atomic mass is 10.1. The van der Waals surface area contributed by atoms with Crippen molar-refractivity contribution in [1.29, 1.82) is 0 Å². The van der Waals surface area contributed by atoms with E-state index < -0.39 is 10.0 Å². The Hall–Kier alpha value is -2.19. The van der Waals surface area contributed by atoms with Crippen molar-refractivity contribution in [2.75, 3.05) is 6.54 Å². The zero-order valence-corrected chi connectivity index (χ0v) is 12.1. The van der Waals surface area contributed by atoms with E-state index in [4.69, 9.17) is 5.14 Å². The Morgan fingerprint density at radius 2 is 2.00 bits per heavy atom. The van der Waals surface area contributed by atoms with Crippen LogP contribution in [0.2, 0.25) is 0 Å². The van der Waals surface area contributed by atoms with Crippen molar-refractivity contribution in [3.05, 3.63) is 47.8 Å². The summed E-state index contributed by atoms with van der Waals surface area (Å²) in [6, 6.07) is 6.40. The molecule has 0 spiro atoms. The first-order valence-electron chi connectivity index (χ1n) is 6.35. The van der Waals surface area contributed by atoms with Gasteiger partial charge < -0.3 is 5.32 Å². The van der Waals surface area contributed by atoms with E-state index in [-0.39, 0.29) is 10.8 Å². The van der Waals surface area contributed by atoms with Gasteiger partial charge >= 0.3 is 0 Å². The zero-order valence-electron chi connectivity index (χ0n) is 11.2. The highest BCUT2D eigenvalue weighted by Gasteiger charge is 2.07. The van der Waals surface area contributed by atoms with Crippen LogP contribution in [0.1, 0.15) is 22.3 Å². The summed E-state index contributed by atoms with van der Waals surface area (Å²) in [5, 5.41) is 14.1. The molecule has 0 aliphatic rings. The number of primary sulfonamides is 1. The minimum Gasteiger partial charge on any atom is -0.352 e. The van der Waals surface area contributed by atoms with Gasteiger partial charge in [-0.25, -0.2) is 13.6 Å². The van der Waals surface area contributed by atoms with E-state index in [9.17, 15) is 13.2 Å². The van der Waals surface area contributed by atoms with Gasteiger partial charge in [0.25, 0.3) is 5.91 Å². The molecule has 0 unspecified atom stereocenters. The predicted molar refractivity (Wildman–Crippen MR) is 77.1 cm³/mol. The van der Waals surface area contributed by atoms with E-state index in [1.165, 1.54) is 24.5 Å². The molecule has 21 heavy (non-hydrogen) atoms. The topological polar surface area (TPSA) is 118 Å². The van der Waals surface area contributed by atoms with Gasteiger partial charge in [-0.15, -0.1) is 0 Å². The number of amides is 1. The Bertz CT molecular complexity index is 694. The van der Waals surface area contributed by atoms with Crippen molar-refractivity contribution in [2.45, 2.75) is 17.7 Å². The van der Waals surface area contributed by atoms with E-state index >= 15 is 0 Å². The van der Waals surface area contributed by atoms with Crippen LogP contribution in [0.4, 0.5) is 0 Å². The largest absolute Gasteiger partial charge is 0.352 e. The molecule has 7 nitrogen and oxygen atoms in total. The third-order valence-electron chi connectivity index (χ3n) is 2.94. The maximum Gasteiger partial charge on any atom is 0.254 e. The summed E-state index contributed by atoms with van der Waals surface area (Å²) in [4.78, 5) is 11.7. The molecule has 1 amide bonds. The Balaban J connectivity index is 1.78. The Morgan fingerprint density at radius 3 is 2.57 bits per heavy atom. The van der Waals surface area contributed by atoms with Gasteiger partial charge in [0.05, 0.1) is 16.7 Å². The van der Waals surface area contributed by atoms with Crippen molar-refractivity contribution in [1.82, 2.24) is 15.5 Å². The molecule has 2 rings (SSSR count). The van der Waals surface area contributed by atoms with E-state index in [1.54, 1.807) is 12.1 Å². The highest BCUT2D eigenvalue weighted by Crippen LogP contribution is 2.10. The predicted octanol–water partition coefficient (Wildman–Crippen LogP) is 0.420. The lowest BCUT2D eigenvalue weighted by Crippen LogP contribution is -2.24. The molecule has 0 radical (unpaired) electrons. The maximum absolute atomic E-state index is 11.6. The van der Waals surface area contributed by atoms with Crippen molar-refractivity contribution < 1.29 is 13.2 Å². The number of aryl methyl sites for hydroxylation is 1. The third-order valence-corrected chi connectivity index (χ3v) is 3.87. The number of nitrogens with two attached hydrogens (primary N) is 1. The van der Waals surface area contributed by atoms with Crippen molar-refractivity contribution >= 4 is 15.9 Å². The molecule has 0 saturated heterocycles. The highest BCUT2D eigenvalue weighted by atomic mass is 32.2. The minimum absolute atomic E-state index is 0.0968. The van der Waals surface area contributed by atoms with Gasteiger partial charge in [-0.05, 0) is 30.5 Å². The monoisotopic (exact) mass is 308 g/mol. The average Bonchev–Trinajstić information content (AvgIpc) is 2.97. The van der Waals surface area contributed by atoms with E-state index in [2.05, 4.69) is 15.5 Å². The number of carbonyl (C=O) groups is 1. The molecule has 0 aliphatic carbocycles. The van der Waals surface area contributed by atoms with Crippen molar-refractivity contribution in [3.8, 4) is 0 Å². The number of H-pyrrole nitrogens is 1. The summed E-state index contributed by atoms with van der Waals surface area (Å²) in [5.41, 5.74) is 1.48. The highest BCUT2D eigenvalue weighted by molar-refractivity contribution is 7.89. The van der Waals surface area contributed by atoms with Crippen LogP contribution in [0.15, 0.2) is 41.6 Å². The summed E-state index contributed by atoms with van der Waals surface area (Å²) in [6.45, 7) is 0.529. The third kappa shape index (κ3) is 4.40. The van der Waals surface area contributed by atoms with Gasteiger partial charge in [0.15, 0.2) is 0 Å². The van der Waals surface area contributed by atoms with Gasteiger partial charge in [-0.3, -0.25) is 9.89 Å². The van der Waals surface area contributed by atoms with Gasteiger partial charge in [-0.2, -0.15) is 5.10 Å². The van der Waals surface area contributed by atoms with Crippen LogP contribution in [-0.4, -0.2) is 31.1 Å². The molecule has 0 aliphatic heterocycles. The normalized spacial score (nSPS) is 11.3. The maximum atomic E-state index is 11.6. The van der Waals surface area contributed by atoms with Crippen LogP contribution in [0.3, 0.4) is 0 Å². The first kappa shape index (κ1) is 15.2. The lowest BCUT2D eigenvalue weighted by Gasteiger charge is -2.05. The number of hydrogen-bond acceptors (Lipinski definition) is 4.